The van der Waals surface area contributed by atoms with Gasteiger partial charge in [0.05, 0.1) is 19.1 Å². The van der Waals surface area contributed by atoms with Crippen LogP contribution in [-0.2, 0) is 20.6 Å². The van der Waals surface area contributed by atoms with E-state index in [1.165, 1.54) is 0 Å². The number of carbonyl (C=O) groups excluding carboxylic acids is 1. The molecule has 1 atom stereocenters. The van der Waals surface area contributed by atoms with Crippen LogP contribution in [0, 0.1) is 0 Å². The molecule has 140 valence electrons. The number of carboxylic acid groups (broad SMARTS) is 1. The molecule has 0 aliphatic carbocycles. The Bertz CT molecular complexity index is 569. The Kier molecular flexibility index (Phi) is 7.63. The van der Waals surface area contributed by atoms with Crippen LogP contribution < -0.4 is 5.32 Å². The van der Waals surface area contributed by atoms with E-state index in [0.29, 0.717) is 0 Å². The highest BCUT2D eigenvalue weighted by molar-refractivity contribution is 6.74. The smallest absolute Gasteiger partial charge is 0.407 e. The lowest BCUT2D eigenvalue weighted by atomic mass is 10.2. The van der Waals surface area contributed by atoms with Crippen LogP contribution in [0.4, 0.5) is 4.79 Å². The Morgan fingerprint density at radius 1 is 1.20 bits per heavy atom. The first kappa shape index (κ1) is 21.2. The van der Waals surface area contributed by atoms with Crippen molar-refractivity contribution in [3.05, 3.63) is 35.9 Å². The number of amides is 1. The summed E-state index contributed by atoms with van der Waals surface area (Å²) in [5.41, 5.74) is 0.866. The standard InChI is InChI=1S/C18H29NO5Si/c1-18(2,3)25(4,5)24-13-15(11-16(20)21)19-17(22)23-12-14-9-7-6-8-10-14/h6-10,15H,11-13H2,1-5H3,(H,19,22)(H,20,21)/t15-/m1/s1. The Morgan fingerprint density at radius 3 is 2.32 bits per heavy atom. The Hall–Kier alpha value is -1.86. The third kappa shape index (κ3) is 7.70. The lowest BCUT2D eigenvalue weighted by Gasteiger charge is -2.37. The molecule has 2 N–H and O–H groups in total. The number of rotatable bonds is 8. The molecule has 7 heteroatoms. The van der Waals surface area contributed by atoms with Crippen LogP contribution >= 0.6 is 0 Å². The maximum absolute atomic E-state index is 12.0. The van der Waals surface area contributed by atoms with Gasteiger partial charge in [0.25, 0.3) is 0 Å². The van der Waals surface area contributed by atoms with Crippen molar-refractivity contribution >= 4 is 20.4 Å². The molecule has 0 aromatic heterocycles. The molecule has 0 unspecified atom stereocenters. The second-order valence-electron chi connectivity index (χ2n) is 7.57. The molecule has 0 spiro atoms. The molecule has 1 rings (SSSR count). The van der Waals surface area contributed by atoms with Crippen molar-refractivity contribution < 1.29 is 23.9 Å². The quantitative estimate of drug-likeness (QED) is 0.683. The number of hydrogen-bond acceptors (Lipinski definition) is 4. The fourth-order valence-electron chi connectivity index (χ4n) is 1.82. The molecule has 0 saturated heterocycles. The van der Waals surface area contributed by atoms with E-state index in [0.717, 1.165) is 5.56 Å². The summed E-state index contributed by atoms with van der Waals surface area (Å²) in [6.07, 6.45) is -0.858. The molecule has 1 aromatic rings. The van der Waals surface area contributed by atoms with Gasteiger partial charge in [0.2, 0.25) is 0 Å². The van der Waals surface area contributed by atoms with E-state index in [1.807, 2.05) is 30.3 Å². The van der Waals surface area contributed by atoms with Crippen LogP contribution in [0.2, 0.25) is 18.1 Å². The molecule has 0 aliphatic heterocycles. The number of carbonyl (C=O) groups is 2. The number of hydrogen-bond donors (Lipinski definition) is 2. The van der Waals surface area contributed by atoms with Crippen LogP contribution in [0.25, 0.3) is 0 Å². The van der Waals surface area contributed by atoms with Gasteiger partial charge < -0.3 is 19.6 Å². The van der Waals surface area contributed by atoms with Gasteiger partial charge in [-0.1, -0.05) is 51.1 Å². The molecule has 0 heterocycles. The average molecular weight is 368 g/mol. The van der Waals surface area contributed by atoms with Crippen molar-refractivity contribution in [2.45, 2.75) is 58.0 Å². The zero-order valence-corrected chi connectivity index (χ0v) is 16.7. The number of carboxylic acids is 1. The highest BCUT2D eigenvalue weighted by Crippen LogP contribution is 2.36. The van der Waals surface area contributed by atoms with E-state index >= 15 is 0 Å². The maximum Gasteiger partial charge on any atom is 0.407 e. The van der Waals surface area contributed by atoms with Gasteiger partial charge >= 0.3 is 12.1 Å². The summed E-state index contributed by atoms with van der Waals surface area (Å²) in [7, 11) is -2.03. The fraction of sp³-hybridized carbons (Fsp3) is 0.556. The Balaban J connectivity index is 2.57. The zero-order chi connectivity index (χ0) is 19.1. The second-order valence-corrected chi connectivity index (χ2v) is 12.4. The summed E-state index contributed by atoms with van der Waals surface area (Å²) in [4.78, 5) is 23.0. The molecule has 0 fully saturated rings. The van der Waals surface area contributed by atoms with Crippen LogP contribution in [0.1, 0.15) is 32.8 Å². The molecule has 0 aliphatic rings. The minimum atomic E-state index is -2.03. The number of ether oxygens (including phenoxy) is 1. The number of benzene rings is 1. The normalized spacial score (nSPS) is 13.2. The zero-order valence-electron chi connectivity index (χ0n) is 15.7. The number of alkyl carbamates (subject to hydrolysis) is 1. The molecular formula is C18H29NO5Si. The molecular weight excluding hydrogens is 338 g/mol. The second kappa shape index (κ2) is 9.01. The molecule has 25 heavy (non-hydrogen) atoms. The predicted octanol–water partition coefficient (Wildman–Crippen LogP) is 3.78. The van der Waals surface area contributed by atoms with E-state index in [2.05, 4.69) is 39.2 Å². The number of nitrogens with one attached hydrogen (secondary N) is 1. The van der Waals surface area contributed by atoms with Crippen LogP contribution in [0.3, 0.4) is 0 Å². The summed E-state index contributed by atoms with van der Waals surface area (Å²) < 4.78 is 11.2. The minimum Gasteiger partial charge on any atom is -0.481 e. The Morgan fingerprint density at radius 2 is 1.80 bits per heavy atom. The summed E-state index contributed by atoms with van der Waals surface area (Å²) in [6.45, 7) is 10.8. The lowest BCUT2D eigenvalue weighted by molar-refractivity contribution is -0.137. The molecule has 1 amide bonds. The maximum atomic E-state index is 12.0. The van der Waals surface area contributed by atoms with Gasteiger partial charge in [-0.05, 0) is 23.7 Å². The van der Waals surface area contributed by atoms with E-state index in [4.69, 9.17) is 14.3 Å². The predicted molar refractivity (Wildman–Crippen MR) is 99.0 cm³/mol. The molecule has 0 radical (unpaired) electrons. The van der Waals surface area contributed by atoms with Crippen LogP contribution in [0.15, 0.2) is 30.3 Å². The third-order valence-corrected chi connectivity index (χ3v) is 8.91. The molecule has 6 nitrogen and oxygen atoms in total. The lowest BCUT2D eigenvalue weighted by Crippen LogP contribution is -2.47. The van der Waals surface area contributed by atoms with Gasteiger partial charge in [0, 0.05) is 0 Å². The summed E-state index contributed by atoms with van der Waals surface area (Å²) in [5, 5.41) is 11.7. The van der Waals surface area contributed by atoms with E-state index in [-0.39, 0.29) is 24.7 Å². The van der Waals surface area contributed by atoms with Gasteiger partial charge in [0.1, 0.15) is 6.61 Å². The fourth-order valence-corrected chi connectivity index (χ4v) is 2.87. The van der Waals surface area contributed by atoms with Crippen molar-refractivity contribution in [3.8, 4) is 0 Å². The monoisotopic (exact) mass is 367 g/mol. The Labute approximate surface area is 150 Å². The van der Waals surface area contributed by atoms with E-state index in [9.17, 15) is 9.59 Å². The minimum absolute atomic E-state index is 0.00852. The van der Waals surface area contributed by atoms with E-state index in [1.54, 1.807) is 0 Å². The highest BCUT2D eigenvalue weighted by atomic mass is 28.4. The van der Waals surface area contributed by atoms with Gasteiger partial charge in [-0.15, -0.1) is 0 Å². The highest BCUT2D eigenvalue weighted by Gasteiger charge is 2.37. The molecule has 1 aromatic carbocycles. The van der Waals surface area contributed by atoms with Crippen molar-refractivity contribution in [2.24, 2.45) is 0 Å². The van der Waals surface area contributed by atoms with Crippen molar-refractivity contribution in [2.75, 3.05) is 6.61 Å². The summed E-state index contributed by atoms with van der Waals surface area (Å²) in [5.74, 6) is -0.993. The first-order valence-electron chi connectivity index (χ1n) is 8.34. The summed E-state index contributed by atoms with van der Waals surface area (Å²) >= 11 is 0. The van der Waals surface area contributed by atoms with Gasteiger partial charge in [0.15, 0.2) is 8.32 Å². The van der Waals surface area contributed by atoms with Crippen LogP contribution in [-0.4, -0.2) is 38.1 Å². The van der Waals surface area contributed by atoms with Gasteiger partial charge in [-0.2, -0.15) is 0 Å². The van der Waals surface area contributed by atoms with Gasteiger partial charge in [-0.25, -0.2) is 4.79 Å². The average Bonchev–Trinajstić information content (AvgIpc) is 2.50. The SMILES string of the molecule is CC(C)(C)[Si](C)(C)OC[C@@H](CC(=O)O)NC(=O)OCc1ccccc1. The first-order valence-corrected chi connectivity index (χ1v) is 11.2. The van der Waals surface area contributed by atoms with Crippen molar-refractivity contribution in [3.63, 3.8) is 0 Å². The van der Waals surface area contributed by atoms with Crippen molar-refractivity contribution in [1.29, 1.82) is 0 Å². The van der Waals surface area contributed by atoms with Crippen molar-refractivity contribution in [1.82, 2.24) is 5.32 Å². The molecule has 0 saturated carbocycles. The van der Waals surface area contributed by atoms with Gasteiger partial charge in [-0.3, -0.25) is 4.79 Å². The van der Waals surface area contributed by atoms with Crippen LogP contribution in [0.5, 0.6) is 0 Å². The largest absolute Gasteiger partial charge is 0.481 e. The topological polar surface area (TPSA) is 84.9 Å². The third-order valence-electron chi connectivity index (χ3n) is 4.41. The number of aliphatic carboxylic acids is 1. The molecule has 0 bridgehead atoms. The first-order chi connectivity index (χ1) is 11.5. The summed E-state index contributed by atoms with van der Waals surface area (Å²) in [6, 6.07) is 8.67. The van der Waals surface area contributed by atoms with E-state index < -0.39 is 26.4 Å².